The summed E-state index contributed by atoms with van der Waals surface area (Å²) in [6, 6.07) is 150. The Morgan fingerprint density at radius 3 is 0.786 bits per heavy atom. The molecule has 0 atom stereocenters. The van der Waals surface area contributed by atoms with Crippen molar-refractivity contribution in [3.05, 3.63) is 451 Å². The number of rotatable bonds is 9. The van der Waals surface area contributed by atoms with Gasteiger partial charge in [0.1, 0.15) is 0 Å². The number of aromatic nitrogens is 3. The molecule has 24 rings (SSSR count). The minimum absolute atomic E-state index is 0.0461. The summed E-state index contributed by atoms with van der Waals surface area (Å²) >= 11 is 0. The van der Waals surface area contributed by atoms with E-state index < -0.39 is 0 Å². The van der Waals surface area contributed by atoms with Crippen molar-refractivity contribution < 1.29 is 0 Å². The van der Waals surface area contributed by atoms with E-state index in [9.17, 15) is 0 Å². The number of hydrogen-bond acceptors (Lipinski definition) is 0. The van der Waals surface area contributed by atoms with E-state index in [4.69, 9.17) is 0 Å². The van der Waals surface area contributed by atoms with Crippen molar-refractivity contribution in [2.24, 2.45) is 0 Å². The molecule has 3 aromatic heterocycles. The molecule has 0 aliphatic heterocycles. The first kappa shape index (κ1) is 81.3. The Kier molecular flexibility index (Phi) is 20.1. The lowest BCUT2D eigenvalue weighted by Crippen LogP contribution is -2.10. The molecule has 24 aromatic rings. The number of aryl methyl sites for hydroxylation is 6. The molecular formula is C128H103N3. The molecule has 0 bridgehead atoms. The van der Waals surface area contributed by atoms with Crippen molar-refractivity contribution in [2.45, 2.75) is 93.9 Å². The minimum Gasteiger partial charge on any atom is -0.309 e. The zero-order valence-electron chi connectivity index (χ0n) is 76.5. The van der Waals surface area contributed by atoms with Crippen molar-refractivity contribution in [3.8, 4) is 83.8 Å². The third-order valence-electron chi connectivity index (χ3n) is 27.7. The molecule has 3 heterocycles. The van der Waals surface area contributed by atoms with Gasteiger partial charge in [-0.1, -0.05) is 375 Å². The first-order chi connectivity index (χ1) is 63.8. The Morgan fingerprint density at radius 1 is 0.168 bits per heavy atom. The third-order valence-corrected chi connectivity index (χ3v) is 27.7. The van der Waals surface area contributed by atoms with Gasteiger partial charge >= 0.3 is 0 Å². The SMILES string of the molecule is Cc1cc(-n2c3ccccc3c3ccccc32)c(C)cc1-c1c2ccccc2c(-c2ccccc2)c2cc(C(C)(C)C)ccc12.Cc1cc(-n2c3ccccc3c3ccccc32)ccc1-c1c2ccccc2c(-c2ccccc2)c2ccccc12.Cc1ccc2c(-c3cc(C)c(-n4c5ccccc5c5ccccc54)cc3C)c3ccccc3c(-c3ccc(C(C)(C)C)cc3)c2c1. The van der Waals surface area contributed by atoms with E-state index in [2.05, 4.69) is 503 Å². The number of nitrogens with zero attached hydrogens (tertiary/aromatic N) is 3. The first-order valence-corrected chi connectivity index (χ1v) is 46.2. The lowest BCUT2D eigenvalue weighted by atomic mass is 9.80. The van der Waals surface area contributed by atoms with Gasteiger partial charge in [-0.2, -0.15) is 0 Å². The van der Waals surface area contributed by atoms with Crippen LogP contribution in [0.15, 0.2) is 406 Å². The fourth-order valence-electron chi connectivity index (χ4n) is 21.5. The van der Waals surface area contributed by atoms with E-state index in [1.54, 1.807) is 0 Å². The van der Waals surface area contributed by atoms with Crippen LogP contribution in [0.2, 0.25) is 0 Å². The van der Waals surface area contributed by atoms with E-state index in [0.717, 1.165) is 0 Å². The molecular weight excluding hydrogens is 1580 g/mol. The Labute approximate surface area is 767 Å². The summed E-state index contributed by atoms with van der Waals surface area (Å²) in [5, 5.41) is 23.3. The predicted molar refractivity (Wildman–Crippen MR) is 566 cm³/mol. The second kappa shape index (κ2) is 32.4. The molecule has 0 aliphatic carbocycles. The van der Waals surface area contributed by atoms with Gasteiger partial charge < -0.3 is 13.7 Å². The van der Waals surface area contributed by atoms with Crippen LogP contribution >= 0.6 is 0 Å². The largest absolute Gasteiger partial charge is 0.309 e. The molecule has 0 saturated carbocycles. The standard InChI is InChI=1S/C45H39N.C44H37N.C39H27N/c1-28-19-24-37-39(25-28)43(31-20-22-32(23-21-31)45(4,5)6)35-15-7-8-16-36(35)44(37)38-26-30(3)42(27-29(38)2)46-40-17-11-9-13-33(40)34-14-10-12-18-41(34)46;1-28-26-41(45-39-21-13-11-17-32(39)33-18-12-14-22-40(33)45)29(2)25-37(28)43-35-20-10-9-19-34(35)42(30-15-7-6-8-16-30)38-27-31(44(3,4)5)23-24-36(38)43;1-26-25-28(40-36-21-11-9-15-30(36)31-16-10-12-22-37(31)40)23-24-29(26)39-34-19-7-5-17-32(34)38(27-13-3-2-4-14-27)33-18-6-8-20-35(33)39/h7-27H,1-6H3;6-27H,1-5H3;2-25H,1H3. The summed E-state index contributed by atoms with van der Waals surface area (Å²) in [4.78, 5) is 0. The molecule has 630 valence electrons. The topological polar surface area (TPSA) is 14.8 Å². The van der Waals surface area contributed by atoms with E-state index in [1.807, 2.05) is 0 Å². The third kappa shape index (κ3) is 13.9. The summed E-state index contributed by atoms with van der Waals surface area (Å²) in [5.41, 5.74) is 37.1. The summed E-state index contributed by atoms with van der Waals surface area (Å²) in [6.07, 6.45) is 0. The van der Waals surface area contributed by atoms with Crippen LogP contribution in [0.25, 0.3) is 214 Å². The van der Waals surface area contributed by atoms with E-state index in [1.165, 1.54) is 258 Å². The molecule has 0 saturated heterocycles. The van der Waals surface area contributed by atoms with Crippen LogP contribution in [-0.2, 0) is 10.8 Å². The average molecular weight is 1680 g/mol. The molecule has 0 unspecified atom stereocenters. The molecule has 0 radical (unpaired) electrons. The highest BCUT2D eigenvalue weighted by atomic mass is 15.0. The maximum Gasteiger partial charge on any atom is 0.0541 e. The van der Waals surface area contributed by atoms with Gasteiger partial charge in [0, 0.05) is 49.4 Å². The summed E-state index contributed by atoms with van der Waals surface area (Å²) in [5.74, 6) is 0. The highest BCUT2D eigenvalue weighted by Gasteiger charge is 2.27. The summed E-state index contributed by atoms with van der Waals surface area (Å²) in [7, 11) is 0. The van der Waals surface area contributed by atoms with Gasteiger partial charge in [0.25, 0.3) is 0 Å². The molecule has 0 amide bonds. The van der Waals surface area contributed by atoms with E-state index >= 15 is 0 Å². The van der Waals surface area contributed by atoms with Crippen LogP contribution in [0.1, 0.15) is 86.1 Å². The van der Waals surface area contributed by atoms with Gasteiger partial charge in [-0.3, -0.25) is 0 Å². The minimum atomic E-state index is 0.0461. The normalized spacial score (nSPS) is 12.0. The van der Waals surface area contributed by atoms with Gasteiger partial charge in [-0.05, 0) is 302 Å². The Balaban J connectivity index is 0.000000115. The Morgan fingerprint density at radius 2 is 0.435 bits per heavy atom. The van der Waals surface area contributed by atoms with Crippen LogP contribution in [0.3, 0.4) is 0 Å². The monoisotopic (exact) mass is 1680 g/mol. The lowest BCUT2D eigenvalue weighted by molar-refractivity contribution is 0.590. The molecule has 21 aromatic carbocycles. The van der Waals surface area contributed by atoms with Crippen LogP contribution in [0.5, 0.6) is 0 Å². The molecule has 131 heavy (non-hydrogen) atoms. The van der Waals surface area contributed by atoms with Crippen LogP contribution in [-0.4, -0.2) is 13.7 Å². The van der Waals surface area contributed by atoms with Crippen molar-refractivity contribution >= 4 is 130 Å². The predicted octanol–water partition coefficient (Wildman–Crippen LogP) is 35.7. The highest BCUT2D eigenvalue weighted by Crippen LogP contribution is 2.52. The number of para-hydroxylation sites is 6. The van der Waals surface area contributed by atoms with Gasteiger partial charge in [0.05, 0.1) is 33.1 Å². The lowest BCUT2D eigenvalue weighted by Gasteiger charge is -2.24. The van der Waals surface area contributed by atoms with Crippen LogP contribution in [0, 0.1) is 41.5 Å². The summed E-state index contributed by atoms with van der Waals surface area (Å²) < 4.78 is 7.29. The van der Waals surface area contributed by atoms with Crippen molar-refractivity contribution in [1.29, 1.82) is 0 Å². The fraction of sp³-hybridized carbons (Fsp3) is 0.109. The first-order valence-electron chi connectivity index (χ1n) is 46.2. The quantitative estimate of drug-likeness (QED) is 0.128. The molecule has 0 N–H and O–H groups in total. The second-order valence-corrected chi connectivity index (χ2v) is 38.1. The van der Waals surface area contributed by atoms with Crippen LogP contribution < -0.4 is 0 Å². The van der Waals surface area contributed by atoms with E-state index in [-0.39, 0.29) is 10.8 Å². The second-order valence-electron chi connectivity index (χ2n) is 38.1. The summed E-state index contributed by atoms with van der Waals surface area (Å²) in [6.45, 7) is 27.3. The Hall–Kier alpha value is -15.4. The molecule has 0 spiro atoms. The fourth-order valence-corrected chi connectivity index (χ4v) is 21.5. The average Bonchev–Trinajstić information content (AvgIpc) is 1.64. The number of hydrogen-bond donors (Lipinski definition) is 0. The van der Waals surface area contributed by atoms with Crippen LogP contribution in [0.4, 0.5) is 0 Å². The maximum atomic E-state index is 2.45. The molecule has 0 fully saturated rings. The van der Waals surface area contributed by atoms with Gasteiger partial charge in [0.2, 0.25) is 0 Å². The van der Waals surface area contributed by atoms with Gasteiger partial charge in [-0.15, -0.1) is 0 Å². The smallest absolute Gasteiger partial charge is 0.0541 e. The zero-order chi connectivity index (χ0) is 89.2. The Bertz CT molecular complexity index is 8490. The zero-order valence-corrected chi connectivity index (χ0v) is 76.5. The maximum absolute atomic E-state index is 2.45. The van der Waals surface area contributed by atoms with Crippen molar-refractivity contribution in [3.63, 3.8) is 0 Å². The number of benzene rings is 21. The van der Waals surface area contributed by atoms with Gasteiger partial charge in [0.15, 0.2) is 0 Å². The van der Waals surface area contributed by atoms with E-state index in [0.29, 0.717) is 0 Å². The highest BCUT2D eigenvalue weighted by molar-refractivity contribution is 6.25. The van der Waals surface area contributed by atoms with Gasteiger partial charge in [-0.25, -0.2) is 0 Å². The van der Waals surface area contributed by atoms with Crippen molar-refractivity contribution in [2.75, 3.05) is 0 Å². The molecule has 0 aliphatic rings. The number of fused-ring (bicyclic) bond motifs is 15. The molecule has 3 nitrogen and oxygen atoms in total. The van der Waals surface area contributed by atoms with Crippen molar-refractivity contribution in [1.82, 2.24) is 13.7 Å². The molecule has 3 heteroatoms.